The number of halogens is 3. The molecule has 4 rings (SSSR count). The van der Waals surface area contributed by atoms with E-state index < -0.39 is 11.8 Å². The van der Waals surface area contributed by atoms with Gasteiger partial charge in [0.1, 0.15) is 0 Å². The first kappa shape index (κ1) is 25.8. The summed E-state index contributed by atoms with van der Waals surface area (Å²) in [7, 11) is 0. The monoisotopic (exact) mass is 470 g/mol. The molecule has 0 aromatic heterocycles. The summed E-state index contributed by atoms with van der Waals surface area (Å²) < 4.78 is 39.6. The molecule has 33 heavy (non-hydrogen) atoms. The number of aliphatic hydroxyl groups is 1. The van der Waals surface area contributed by atoms with E-state index in [0.29, 0.717) is 17.8 Å². The van der Waals surface area contributed by atoms with E-state index in [9.17, 15) is 18.3 Å². The number of hydrogen-bond acceptors (Lipinski definition) is 1. The lowest BCUT2D eigenvalue weighted by Gasteiger charge is -2.59. The largest absolute Gasteiger partial charge is 0.416 e. The Morgan fingerprint density at radius 2 is 1.64 bits per heavy atom. The molecule has 0 radical (unpaired) electrons. The maximum atomic E-state index is 13.2. The van der Waals surface area contributed by atoms with Gasteiger partial charge in [-0.1, -0.05) is 47.0 Å². The van der Waals surface area contributed by atoms with Gasteiger partial charge in [0, 0.05) is 0 Å². The molecule has 0 aliphatic heterocycles. The van der Waals surface area contributed by atoms with Gasteiger partial charge >= 0.3 is 6.18 Å². The van der Waals surface area contributed by atoms with Crippen LogP contribution in [-0.4, -0.2) is 16.9 Å². The Balaban J connectivity index is 1.46. The van der Waals surface area contributed by atoms with Gasteiger partial charge in [0.05, 0.1) is 0 Å². The molecule has 1 N–H and O–H groups in total. The zero-order valence-electron chi connectivity index (χ0n) is 21.8. The molecular weight excluding hydrogens is 421 g/mol. The van der Waals surface area contributed by atoms with E-state index in [-0.39, 0.29) is 17.8 Å². The average Bonchev–Trinajstić information content (AvgIpc) is 2.99. The van der Waals surface area contributed by atoms with Crippen molar-refractivity contribution in [1.82, 2.24) is 0 Å². The predicted octanol–water partition coefficient (Wildman–Crippen LogP) is 8.79. The summed E-state index contributed by atoms with van der Waals surface area (Å²) in [6.45, 7) is 10.6. The summed E-state index contributed by atoms with van der Waals surface area (Å²) in [6, 6.07) is 0. The van der Waals surface area contributed by atoms with Gasteiger partial charge in [-0.15, -0.1) is 0 Å². The molecule has 4 heteroatoms. The fraction of sp³-hybridized carbons (Fsp3) is 1.00. The van der Waals surface area contributed by atoms with Crippen LogP contribution in [0.5, 0.6) is 0 Å². The first-order chi connectivity index (χ1) is 15.3. The highest BCUT2D eigenvalue weighted by Gasteiger charge is 2.60. The van der Waals surface area contributed by atoms with Crippen molar-refractivity contribution in [3.8, 4) is 0 Å². The topological polar surface area (TPSA) is 20.2 Å². The molecule has 192 valence electrons. The van der Waals surface area contributed by atoms with Crippen molar-refractivity contribution in [3.05, 3.63) is 0 Å². The van der Waals surface area contributed by atoms with Gasteiger partial charge in [-0.3, -0.25) is 0 Å². The Labute approximate surface area is 200 Å². The quantitative estimate of drug-likeness (QED) is 0.426. The Kier molecular flexibility index (Phi) is 7.05. The van der Waals surface area contributed by atoms with E-state index in [0.717, 1.165) is 42.9 Å². The predicted molar refractivity (Wildman–Crippen MR) is 129 cm³/mol. The maximum absolute atomic E-state index is 13.2. The van der Waals surface area contributed by atoms with Gasteiger partial charge in [0.25, 0.3) is 0 Å². The van der Waals surface area contributed by atoms with Crippen LogP contribution in [0.25, 0.3) is 0 Å². The van der Waals surface area contributed by atoms with E-state index in [1.165, 1.54) is 64.2 Å². The second kappa shape index (κ2) is 9.00. The summed E-state index contributed by atoms with van der Waals surface area (Å²) >= 11 is 0. The molecule has 0 spiro atoms. The minimum Gasteiger partial charge on any atom is -0.381 e. The van der Waals surface area contributed by atoms with Crippen LogP contribution in [0.3, 0.4) is 0 Å². The lowest BCUT2D eigenvalue weighted by Crippen LogP contribution is -2.52. The van der Waals surface area contributed by atoms with Crippen molar-refractivity contribution < 1.29 is 18.3 Å². The van der Waals surface area contributed by atoms with Gasteiger partial charge in [0.2, 0.25) is 0 Å². The molecule has 4 aliphatic rings. The second-order valence-electron chi connectivity index (χ2n) is 13.6. The number of fused-ring (bicyclic) bond motifs is 5. The third-order valence-corrected chi connectivity index (χ3v) is 12.0. The molecule has 0 saturated heterocycles. The van der Waals surface area contributed by atoms with E-state index in [2.05, 4.69) is 27.7 Å². The minimum absolute atomic E-state index is 0.181. The van der Waals surface area contributed by atoms with Crippen LogP contribution in [0, 0.1) is 52.3 Å². The summed E-state index contributed by atoms with van der Waals surface area (Å²) in [5.41, 5.74) is -1.80. The molecule has 0 amide bonds. The van der Waals surface area contributed by atoms with Crippen molar-refractivity contribution in [2.75, 3.05) is 0 Å². The standard InChI is InChI=1S/C29H49F3O/c1-6-20-8-7-15-26(3)21(18-20)9-10-22-24-12-11-23(27(24,4)16-14-25(22)26)19(2)13-17-28(5,33)29(30,31)32/h19-25,33H,6-18H2,1-5H3/t19-,20?,21?,22?,23?,24?,25?,26?,27?,28-/m1/s1. The molecule has 4 saturated carbocycles. The molecule has 8 unspecified atom stereocenters. The first-order valence-corrected chi connectivity index (χ1v) is 14.1. The lowest BCUT2D eigenvalue weighted by molar-refractivity contribution is -0.256. The van der Waals surface area contributed by atoms with Crippen LogP contribution in [-0.2, 0) is 0 Å². The van der Waals surface area contributed by atoms with Gasteiger partial charge < -0.3 is 5.11 Å². The van der Waals surface area contributed by atoms with Crippen LogP contribution in [0.2, 0.25) is 0 Å². The third kappa shape index (κ3) is 4.42. The van der Waals surface area contributed by atoms with E-state index in [4.69, 9.17) is 0 Å². The zero-order chi connectivity index (χ0) is 24.2. The second-order valence-corrected chi connectivity index (χ2v) is 13.6. The van der Waals surface area contributed by atoms with Crippen LogP contribution in [0.4, 0.5) is 13.2 Å². The summed E-state index contributed by atoms with van der Waals surface area (Å²) in [5, 5.41) is 9.97. The molecule has 1 nitrogen and oxygen atoms in total. The van der Waals surface area contributed by atoms with Gasteiger partial charge in [0.15, 0.2) is 5.60 Å². The normalized spacial score (nSPS) is 46.5. The Morgan fingerprint density at radius 3 is 2.30 bits per heavy atom. The molecule has 0 aromatic rings. The van der Waals surface area contributed by atoms with Crippen LogP contribution in [0.1, 0.15) is 118 Å². The highest BCUT2D eigenvalue weighted by molar-refractivity contribution is 5.09. The summed E-state index contributed by atoms with van der Waals surface area (Å²) in [5.74, 6) is 4.97. The minimum atomic E-state index is -4.55. The van der Waals surface area contributed by atoms with Crippen molar-refractivity contribution in [2.24, 2.45) is 52.3 Å². The molecule has 0 aromatic carbocycles. The van der Waals surface area contributed by atoms with E-state index in [1.54, 1.807) is 0 Å². The van der Waals surface area contributed by atoms with Crippen molar-refractivity contribution in [2.45, 2.75) is 130 Å². The number of rotatable bonds is 5. The summed E-state index contributed by atoms with van der Waals surface area (Å²) in [4.78, 5) is 0. The molecule has 10 atom stereocenters. The van der Waals surface area contributed by atoms with Crippen LogP contribution >= 0.6 is 0 Å². The van der Waals surface area contributed by atoms with E-state index >= 15 is 0 Å². The fourth-order valence-corrected chi connectivity index (χ4v) is 9.80. The Hall–Kier alpha value is -0.250. The first-order valence-electron chi connectivity index (χ1n) is 14.1. The molecular formula is C29H49F3O. The molecule has 0 heterocycles. The van der Waals surface area contributed by atoms with Crippen molar-refractivity contribution in [1.29, 1.82) is 0 Å². The highest BCUT2D eigenvalue weighted by Crippen LogP contribution is 2.68. The van der Waals surface area contributed by atoms with Crippen molar-refractivity contribution >= 4 is 0 Å². The Morgan fingerprint density at radius 1 is 0.939 bits per heavy atom. The maximum Gasteiger partial charge on any atom is 0.416 e. The van der Waals surface area contributed by atoms with E-state index in [1.807, 2.05) is 0 Å². The smallest absolute Gasteiger partial charge is 0.381 e. The number of hydrogen-bond donors (Lipinski definition) is 1. The SMILES string of the molecule is CCC1CCCC2(C)C(CCC3C2CCC2(C)C3CCC2[C@H](C)CC[C@@](C)(O)C(F)(F)F)C1. The zero-order valence-corrected chi connectivity index (χ0v) is 21.8. The summed E-state index contributed by atoms with van der Waals surface area (Å²) in [6.07, 6.45) is 10.5. The van der Waals surface area contributed by atoms with Gasteiger partial charge in [-0.2, -0.15) is 13.2 Å². The highest BCUT2D eigenvalue weighted by atomic mass is 19.4. The third-order valence-electron chi connectivity index (χ3n) is 12.0. The fourth-order valence-electron chi connectivity index (χ4n) is 9.80. The Bertz CT molecular complexity index is 687. The molecule has 0 bridgehead atoms. The van der Waals surface area contributed by atoms with Crippen LogP contribution in [0.15, 0.2) is 0 Å². The van der Waals surface area contributed by atoms with Gasteiger partial charge in [-0.25, -0.2) is 0 Å². The van der Waals surface area contributed by atoms with Crippen LogP contribution < -0.4 is 0 Å². The molecule has 4 aliphatic carbocycles. The van der Waals surface area contributed by atoms with Gasteiger partial charge in [-0.05, 0) is 123 Å². The van der Waals surface area contributed by atoms with Crippen molar-refractivity contribution in [3.63, 3.8) is 0 Å². The lowest BCUT2D eigenvalue weighted by atomic mass is 9.45. The average molecular weight is 471 g/mol. The number of alkyl halides is 3. The molecule has 4 fully saturated rings.